The van der Waals surface area contributed by atoms with Crippen LogP contribution >= 0.6 is 24.0 Å². The van der Waals surface area contributed by atoms with E-state index in [4.69, 9.17) is 21.4 Å². The van der Waals surface area contributed by atoms with Crippen LogP contribution in [-0.4, -0.2) is 35.3 Å². The highest BCUT2D eigenvalue weighted by atomic mass is 32.2. The maximum Gasteiger partial charge on any atom is 0.266 e. The molecule has 0 radical (unpaired) electrons. The van der Waals surface area contributed by atoms with E-state index in [-0.39, 0.29) is 5.91 Å². The monoisotopic (exact) mass is 414 g/mol. The zero-order valence-corrected chi connectivity index (χ0v) is 17.4. The van der Waals surface area contributed by atoms with Crippen molar-refractivity contribution in [1.29, 1.82) is 0 Å². The normalized spacial score (nSPS) is 19.0. The Balaban J connectivity index is 1.46. The third-order valence-corrected chi connectivity index (χ3v) is 6.30. The predicted octanol–water partition coefficient (Wildman–Crippen LogP) is 4.68. The van der Waals surface area contributed by atoms with Crippen LogP contribution in [-0.2, 0) is 11.3 Å². The SMILES string of the molecule is COc1ccc(CN2C(=O)/C(=C/c3ccc(N4CCCCC4)o3)SC2=S)cc1. The van der Waals surface area contributed by atoms with Gasteiger partial charge in [0.2, 0.25) is 0 Å². The van der Waals surface area contributed by atoms with Gasteiger partial charge in [0.05, 0.1) is 18.6 Å². The summed E-state index contributed by atoms with van der Waals surface area (Å²) in [6.07, 6.45) is 5.46. The fourth-order valence-corrected chi connectivity index (χ4v) is 4.62. The van der Waals surface area contributed by atoms with Crippen LogP contribution in [0.4, 0.5) is 5.88 Å². The number of thioether (sulfide) groups is 1. The number of ether oxygens (including phenoxy) is 1. The van der Waals surface area contributed by atoms with Crippen LogP contribution in [0.3, 0.4) is 0 Å². The average Bonchev–Trinajstić information content (AvgIpc) is 3.30. The lowest BCUT2D eigenvalue weighted by Crippen LogP contribution is -2.28. The van der Waals surface area contributed by atoms with Crippen molar-refractivity contribution >= 4 is 46.2 Å². The van der Waals surface area contributed by atoms with Crippen LogP contribution in [0.15, 0.2) is 45.7 Å². The van der Waals surface area contributed by atoms with E-state index >= 15 is 0 Å². The number of furan rings is 1. The van der Waals surface area contributed by atoms with Crippen molar-refractivity contribution in [3.05, 3.63) is 52.6 Å². The molecule has 0 bridgehead atoms. The van der Waals surface area contributed by atoms with Gasteiger partial charge in [-0.25, -0.2) is 0 Å². The average molecular weight is 415 g/mol. The Kier molecular flexibility index (Phi) is 5.73. The predicted molar refractivity (Wildman–Crippen MR) is 116 cm³/mol. The van der Waals surface area contributed by atoms with Crippen LogP contribution < -0.4 is 9.64 Å². The van der Waals surface area contributed by atoms with E-state index in [9.17, 15) is 4.79 Å². The summed E-state index contributed by atoms with van der Waals surface area (Å²) in [5, 5.41) is 0. The first-order valence-corrected chi connectivity index (χ1v) is 10.6. The number of benzene rings is 1. The molecule has 0 N–H and O–H groups in total. The van der Waals surface area contributed by atoms with Crippen LogP contribution in [0.5, 0.6) is 5.75 Å². The number of hydrogen-bond acceptors (Lipinski definition) is 6. The number of amides is 1. The second kappa shape index (κ2) is 8.41. The number of rotatable bonds is 5. The standard InChI is InChI=1S/C21H22N2O3S2/c1-25-16-7-5-15(6-8-16)14-23-20(24)18(28-21(23)27)13-17-9-10-19(26-17)22-11-3-2-4-12-22/h5-10,13H,2-4,11-12,14H2,1H3/b18-13-. The van der Waals surface area contributed by atoms with Gasteiger partial charge in [0.1, 0.15) is 15.8 Å². The number of piperidine rings is 1. The van der Waals surface area contributed by atoms with E-state index in [1.165, 1.54) is 31.0 Å². The van der Waals surface area contributed by atoms with Gasteiger partial charge in [0.15, 0.2) is 5.88 Å². The Labute approximate surface area is 174 Å². The second-order valence-electron chi connectivity index (χ2n) is 6.84. The van der Waals surface area contributed by atoms with Gasteiger partial charge >= 0.3 is 0 Å². The molecule has 2 saturated heterocycles. The first kappa shape index (κ1) is 19.1. The topological polar surface area (TPSA) is 45.9 Å². The molecular formula is C21H22N2O3S2. The lowest BCUT2D eigenvalue weighted by molar-refractivity contribution is -0.122. The zero-order chi connectivity index (χ0) is 19.5. The van der Waals surface area contributed by atoms with Crippen LogP contribution in [0, 0.1) is 0 Å². The molecule has 1 aromatic carbocycles. The van der Waals surface area contributed by atoms with Crippen LogP contribution in [0.2, 0.25) is 0 Å². The van der Waals surface area contributed by atoms with Crippen molar-refractivity contribution in [2.45, 2.75) is 25.8 Å². The molecule has 1 aromatic heterocycles. The van der Waals surface area contributed by atoms with Crippen molar-refractivity contribution in [3.8, 4) is 5.75 Å². The summed E-state index contributed by atoms with van der Waals surface area (Å²) >= 11 is 6.75. The molecule has 28 heavy (non-hydrogen) atoms. The molecule has 3 heterocycles. The van der Waals surface area contributed by atoms with E-state index in [1.54, 1.807) is 18.1 Å². The van der Waals surface area contributed by atoms with E-state index in [2.05, 4.69) is 4.90 Å². The first-order chi connectivity index (χ1) is 13.6. The minimum atomic E-state index is -0.0817. The van der Waals surface area contributed by atoms with E-state index < -0.39 is 0 Å². The molecule has 0 saturated carbocycles. The lowest BCUT2D eigenvalue weighted by Gasteiger charge is -2.25. The molecular weight excluding hydrogens is 392 g/mol. The molecule has 2 aromatic rings. The number of nitrogens with zero attached hydrogens (tertiary/aromatic N) is 2. The van der Waals surface area contributed by atoms with Gasteiger partial charge in [-0.05, 0) is 43.0 Å². The largest absolute Gasteiger partial charge is 0.497 e. The maximum absolute atomic E-state index is 12.8. The van der Waals surface area contributed by atoms with Gasteiger partial charge in [0.25, 0.3) is 5.91 Å². The molecule has 2 aliphatic rings. The van der Waals surface area contributed by atoms with Crippen molar-refractivity contribution in [2.24, 2.45) is 0 Å². The van der Waals surface area contributed by atoms with Gasteiger partial charge in [-0.15, -0.1) is 0 Å². The Morgan fingerprint density at radius 2 is 1.89 bits per heavy atom. The molecule has 2 aliphatic heterocycles. The summed E-state index contributed by atoms with van der Waals surface area (Å²) in [7, 11) is 1.63. The highest BCUT2D eigenvalue weighted by Gasteiger charge is 2.32. The molecule has 7 heteroatoms. The van der Waals surface area contributed by atoms with Crippen molar-refractivity contribution in [2.75, 3.05) is 25.1 Å². The highest BCUT2D eigenvalue weighted by Crippen LogP contribution is 2.34. The molecule has 0 unspecified atom stereocenters. The Morgan fingerprint density at radius 3 is 2.61 bits per heavy atom. The number of hydrogen-bond donors (Lipinski definition) is 0. The van der Waals surface area contributed by atoms with E-state index in [1.807, 2.05) is 36.4 Å². The summed E-state index contributed by atoms with van der Waals surface area (Å²) in [4.78, 5) is 17.3. The molecule has 1 amide bonds. The molecule has 2 fully saturated rings. The number of thiocarbonyl (C=S) groups is 1. The van der Waals surface area contributed by atoms with Crippen LogP contribution in [0.1, 0.15) is 30.6 Å². The lowest BCUT2D eigenvalue weighted by atomic mass is 10.1. The van der Waals surface area contributed by atoms with Gasteiger partial charge in [-0.2, -0.15) is 0 Å². The Morgan fingerprint density at radius 1 is 1.14 bits per heavy atom. The number of carbonyl (C=O) groups excluding carboxylic acids is 1. The molecule has 0 atom stereocenters. The molecule has 146 valence electrons. The maximum atomic E-state index is 12.8. The number of methoxy groups -OCH3 is 1. The Bertz CT molecular complexity index is 899. The summed E-state index contributed by atoms with van der Waals surface area (Å²) in [6, 6.07) is 11.5. The third-order valence-electron chi connectivity index (χ3n) is 4.93. The fraction of sp³-hybridized carbons (Fsp3) is 0.333. The van der Waals surface area contributed by atoms with Crippen molar-refractivity contribution in [1.82, 2.24) is 4.90 Å². The summed E-state index contributed by atoms with van der Waals surface area (Å²) in [6.45, 7) is 2.50. The van der Waals surface area contributed by atoms with Gasteiger partial charge in [-0.3, -0.25) is 9.69 Å². The van der Waals surface area contributed by atoms with Gasteiger partial charge < -0.3 is 14.1 Å². The van der Waals surface area contributed by atoms with Crippen molar-refractivity contribution < 1.29 is 13.9 Å². The number of anilines is 1. The van der Waals surface area contributed by atoms with Gasteiger partial charge in [0, 0.05) is 25.2 Å². The first-order valence-electron chi connectivity index (χ1n) is 9.37. The van der Waals surface area contributed by atoms with E-state index in [0.717, 1.165) is 30.3 Å². The zero-order valence-electron chi connectivity index (χ0n) is 15.7. The molecule has 0 aliphatic carbocycles. The second-order valence-corrected chi connectivity index (χ2v) is 8.52. The fourth-order valence-electron chi connectivity index (χ4n) is 3.38. The smallest absolute Gasteiger partial charge is 0.266 e. The molecule has 4 rings (SSSR count). The Hall–Kier alpha value is -2.25. The number of carbonyl (C=O) groups is 1. The molecule has 0 spiro atoms. The van der Waals surface area contributed by atoms with Crippen LogP contribution in [0.25, 0.3) is 6.08 Å². The summed E-state index contributed by atoms with van der Waals surface area (Å²) < 4.78 is 11.7. The third kappa shape index (κ3) is 4.10. The quantitative estimate of drug-likeness (QED) is 0.523. The molecule has 5 nitrogen and oxygen atoms in total. The van der Waals surface area contributed by atoms with Crippen molar-refractivity contribution in [3.63, 3.8) is 0 Å². The minimum Gasteiger partial charge on any atom is -0.497 e. The van der Waals surface area contributed by atoms with Gasteiger partial charge in [-0.1, -0.05) is 36.1 Å². The van der Waals surface area contributed by atoms with E-state index in [0.29, 0.717) is 21.5 Å². The summed E-state index contributed by atoms with van der Waals surface area (Å²) in [5.74, 6) is 2.27. The minimum absolute atomic E-state index is 0.0817. The highest BCUT2D eigenvalue weighted by molar-refractivity contribution is 8.26. The summed E-state index contributed by atoms with van der Waals surface area (Å²) in [5.41, 5.74) is 1.00.